The van der Waals surface area contributed by atoms with Crippen LogP contribution in [0.4, 0.5) is 5.69 Å². The molecule has 0 aliphatic heterocycles. The second-order valence-corrected chi connectivity index (χ2v) is 7.88. The molecule has 0 atom stereocenters. The summed E-state index contributed by atoms with van der Waals surface area (Å²) in [5.74, 6) is -0.119. The highest BCUT2D eigenvalue weighted by molar-refractivity contribution is 7.90. The standard InChI is InChI=1S/C18H22N2O3S/c1-20(2)16-6-4-5-15(13-16)18(21)19-12-11-14-7-9-17(10-8-14)24(3,22)23/h4-10,13H,11-12H2,1-3H3,(H,19,21). The van der Waals surface area contributed by atoms with Gasteiger partial charge in [-0.05, 0) is 42.3 Å². The molecule has 2 rings (SSSR count). The Bertz CT molecular complexity index is 812. The van der Waals surface area contributed by atoms with Gasteiger partial charge in [-0.25, -0.2) is 8.42 Å². The third-order valence-electron chi connectivity index (χ3n) is 3.68. The average molecular weight is 346 g/mol. The number of benzene rings is 2. The van der Waals surface area contributed by atoms with Crippen molar-refractivity contribution < 1.29 is 13.2 Å². The molecule has 0 aliphatic carbocycles. The van der Waals surface area contributed by atoms with Crippen LogP contribution in [0.5, 0.6) is 0 Å². The van der Waals surface area contributed by atoms with Crippen molar-refractivity contribution in [3.63, 3.8) is 0 Å². The predicted molar refractivity (Wildman–Crippen MR) is 96.4 cm³/mol. The first-order chi connectivity index (χ1) is 11.3. The van der Waals surface area contributed by atoms with Gasteiger partial charge < -0.3 is 10.2 Å². The number of hydrogen-bond acceptors (Lipinski definition) is 4. The second kappa shape index (κ2) is 7.49. The number of hydrogen-bond donors (Lipinski definition) is 1. The second-order valence-electron chi connectivity index (χ2n) is 5.87. The van der Waals surface area contributed by atoms with Crippen LogP contribution in [0.2, 0.25) is 0 Å². The van der Waals surface area contributed by atoms with Gasteiger partial charge >= 0.3 is 0 Å². The zero-order valence-electron chi connectivity index (χ0n) is 14.1. The zero-order valence-corrected chi connectivity index (χ0v) is 14.9. The van der Waals surface area contributed by atoms with Gasteiger partial charge in [0.05, 0.1) is 4.90 Å². The Labute approximate surface area is 143 Å². The fourth-order valence-corrected chi connectivity index (χ4v) is 2.88. The summed E-state index contributed by atoms with van der Waals surface area (Å²) in [6.45, 7) is 0.489. The Kier molecular flexibility index (Phi) is 5.62. The number of anilines is 1. The lowest BCUT2D eigenvalue weighted by molar-refractivity contribution is 0.0954. The molecule has 0 heterocycles. The summed E-state index contributed by atoms with van der Waals surface area (Å²) < 4.78 is 22.8. The summed E-state index contributed by atoms with van der Waals surface area (Å²) in [6, 6.07) is 14.2. The number of sulfone groups is 1. The molecule has 0 spiro atoms. The number of rotatable bonds is 6. The summed E-state index contributed by atoms with van der Waals surface area (Å²) in [4.78, 5) is 14.4. The van der Waals surface area contributed by atoms with E-state index in [9.17, 15) is 13.2 Å². The molecule has 2 aromatic rings. The SMILES string of the molecule is CN(C)c1cccc(C(=O)NCCc2ccc(S(C)(=O)=O)cc2)c1. The fraction of sp³-hybridized carbons (Fsp3) is 0.278. The van der Waals surface area contributed by atoms with E-state index in [1.54, 1.807) is 30.3 Å². The zero-order chi connectivity index (χ0) is 17.7. The summed E-state index contributed by atoms with van der Waals surface area (Å²) in [6.07, 6.45) is 1.83. The van der Waals surface area contributed by atoms with Crippen LogP contribution in [0.25, 0.3) is 0 Å². The van der Waals surface area contributed by atoms with Crippen molar-refractivity contribution in [3.8, 4) is 0 Å². The van der Waals surface area contributed by atoms with Crippen LogP contribution in [0.1, 0.15) is 15.9 Å². The lowest BCUT2D eigenvalue weighted by Gasteiger charge is -2.13. The number of nitrogens with zero attached hydrogens (tertiary/aromatic N) is 1. The molecule has 0 saturated carbocycles. The summed E-state index contributed by atoms with van der Waals surface area (Å²) in [5, 5.41) is 2.88. The van der Waals surface area contributed by atoms with E-state index in [0.717, 1.165) is 11.3 Å². The molecular formula is C18H22N2O3S. The van der Waals surface area contributed by atoms with Gasteiger partial charge in [-0.15, -0.1) is 0 Å². The lowest BCUT2D eigenvalue weighted by Crippen LogP contribution is -2.26. The minimum atomic E-state index is -3.17. The molecule has 6 heteroatoms. The fourth-order valence-electron chi connectivity index (χ4n) is 2.25. The smallest absolute Gasteiger partial charge is 0.251 e. The number of carbonyl (C=O) groups excluding carboxylic acids is 1. The minimum Gasteiger partial charge on any atom is -0.378 e. The van der Waals surface area contributed by atoms with Crippen LogP contribution in [0.15, 0.2) is 53.4 Å². The van der Waals surface area contributed by atoms with E-state index < -0.39 is 9.84 Å². The number of nitrogens with one attached hydrogen (secondary N) is 1. The Balaban J connectivity index is 1.92. The highest BCUT2D eigenvalue weighted by Crippen LogP contribution is 2.13. The molecule has 0 saturated heterocycles. The van der Waals surface area contributed by atoms with Crippen molar-refractivity contribution in [3.05, 3.63) is 59.7 Å². The topological polar surface area (TPSA) is 66.5 Å². The molecule has 1 N–H and O–H groups in total. The molecule has 0 unspecified atom stereocenters. The maximum Gasteiger partial charge on any atom is 0.251 e. The normalized spacial score (nSPS) is 11.1. The van der Waals surface area contributed by atoms with Gasteiger partial charge in [0, 0.05) is 38.1 Å². The highest BCUT2D eigenvalue weighted by atomic mass is 32.2. The molecule has 0 fully saturated rings. The van der Waals surface area contributed by atoms with Gasteiger partial charge in [0.1, 0.15) is 0 Å². The van der Waals surface area contributed by atoms with E-state index >= 15 is 0 Å². The number of amides is 1. The molecule has 128 valence electrons. The maximum atomic E-state index is 12.2. The van der Waals surface area contributed by atoms with Crippen LogP contribution in [0, 0.1) is 0 Å². The van der Waals surface area contributed by atoms with E-state index in [1.807, 2.05) is 37.2 Å². The predicted octanol–water partition coefficient (Wildman–Crippen LogP) is 2.13. The molecule has 0 aromatic heterocycles. The first-order valence-corrected chi connectivity index (χ1v) is 9.51. The highest BCUT2D eigenvalue weighted by Gasteiger charge is 2.08. The Morgan fingerprint density at radius 3 is 2.33 bits per heavy atom. The third-order valence-corrected chi connectivity index (χ3v) is 4.80. The Hall–Kier alpha value is -2.34. The largest absolute Gasteiger partial charge is 0.378 e. The first-order valence-electron chi connectivity index (χ1n) is 7.62. The average Bonchev–Trinajstić information content (AvgIpc) is 2.54. The van der Waals surface area contributed by atoms with Crippen LogP contribution in [-0.2, 0) is 16.3 Å². The van der Waals surface area contributed by atoms with Crippen molar-refractivity contribution >= 4 is 21.4 Å². The van der Waals surface area contributed by atoms with Gasteiger partial charge in [0.15, 0.2) is 9.84 Å². The number of carbonyl (C=O) groups is 1. The van der Waals surface area contributed by atoms with Crippen molar-refractivity contribution in [2.45, 2.75) is 11.3 Å². The molecule has 2 aromatic carbocycles. The van der Waals surface area contributed by atoms with Crippen LogP contribution < -0.4 is 10.2 Å². The van der Waals surface area contributed by atoms with Crippen molar-refractivity contribution in [2.24, 2.45) is 0 Å². The van der Waals surface area contributed by atoms with Gasteiger partial charge in [-0.1, -0.05) is 18.2 Å². The van der Waals surface area contributed by atoms with E-state index in [2.05, 4.69) is 5.32 Å². The molecule has 0 bridgehead atoms. The Morgan fingerprint density at radius 1 is 1.08 bits per heavy atom. The van der Waals surface area contributed by atoms with Crippen molar-refractivity contribution in [1.82, 2.24) is 5.32 Å². The van der Waals surface area contributed by atoms with Crippen LogP contribution in [-0.4, -0.2) is 41.2 Å². The molecule has 24 heavy (non-hydrogen) atoms. The Morgan fingerprint density at radius 2 is 1.75 bits per heavy atom. The lowest BCUT2D eigenvalue weighted by atomic mass is 10.1. The van der Waals surface area contributed by atoms with Crippen molar-refractivity contribution in [1.29, 1.82) is 0 Å². The molecule has 1 amide bonds. The van der Waals surface area contributed by atoms with E-state index in [1.165, 1.54) is 6.26 Å². The maximum absolute atomic E-state index is 12.2. The molecule has 5 nitrogen and oxygen atoms in total. The van der Waals surface area contributed by atoms with Gasteiger partial charge in [-0.3, -0.25) is 4.79 Å². The molecule has 0 radical (unpaired) electrons. The van der Waals surface area contributed by atoms with E-state index in [-0.39, 0.29) is 5.91 Å². The van der Waals surface area contributed by atoms with E-state index in [4.69, 9.17) is 0 Å². The monoisotopic (exact) mass is 346 g/mol. The third kappa shape index (κ3) is 4.83. The first kappa shape index (κ1) is 18.0. The summed E-state index contributed by atoms with van der Waals surface area (Å²) >= 11 is 0. The summed E-state index contributed by atoms with van der Waals surface area (Å²) in [5.41, 5.74) is 2.57. The van der Waals surface area contributed by atoms with Gasteiger partial charge in [0.25, 0.3) is 5.91 Å². The van der Waals surface area contributed by atoms with E-state index in [0.29, 0.717) is 23.4 Å². The molecular weight excluding hydrogens is 324 g/mol. The molecule has 0 aliphatic rings. The van der Waals surface area contributed by atoms with Crippen LogP contribution >= 0.6 is 0 Å². The quantitative estimate of drug-likeness (QED) is 0.870. The summed E-state index contributed by atoms with van der Waals surface area (Å²) in [7, 11) is 0.681. The van der Waals surface area contributed by atoms with Crippen LogP contribution in [0.3, 0.4) is 0 Å². The van der Waals surface area contributed by atoms with Gasteiger partial charge in [0.2, 0.25) is 0 Å². The minimum absolute atomic E-state index is 0.119. The van der Waals surface area contributed by atoms with Gasteiger partial charge in [-0.2, -0.15) is 0 Å². The van der Waals surface area contributed by atoms with Crippen molar-refractivity contribution in [2.75, 3.05) is 31.8 Å².